The summed E-state index contributed by atoms with van der Waals surface area (Å²) in [4.78, 5) is 18.7. The van der Waals surface area contributed by atoms with E-state index < -0.39 is 0 Å². The number of amides is 1. The number of nitrogens with zero attached hydrogens (tertiary/aromatic N) is 2. The molecule has 3 aromatic rings. The number of benzene rings is 2. The van der Waals surface area contributed by atoms with Crippen LogP contribution in [0.15, 0.2) is 70.0 Å². The molecule has 0 aliphatic carbocycles. The van der Waals surface area contributed by atoms with E-state index in [9.17, 15) is 4.79 Å². The van der Waals surface area contributed by atoms with Crippen LogP contribution in [0, 0.1) is 5.92 Å². The number of halogens is 1. The van der Waals surface area contributed by atoms with E-state index in [1.54, 1.807) is 6.20 Å². The van der Waals surface area contributed by atoms with Crippen molar-refractivity contribution < 1.29 is 9.21 Å². The van der Waals surface area contributed by atoms with E-state index in [0.29, 0.717) is 23.8 Å². The Kier molecular flexibility index (Phi) is 5.25. The van der Waals surface area contributed by atoms with Crippen molar-refractivity contribution in [1.29, 1.82) is 0 Å². The maximum Gasteiger partial charge on any atom is 0.251 e. The fraction of sp³-hybridized carbons (Fsp3) is 0.238. The Bertz CT molecular complexity index is 909. The van der Waals surface area contributed by atoms with Crippen LogP contribution in [-0.4, -0.2) is 30.5 Å². The summed E-state index contributed by atoms with van der Waals surface area (Å²) in [7, 11) is 0. The fourth-order valence-electron chi connectivity index (χ4n) is 3.39. The molecule has 1 saturated heterocycles. The van der Waals surface area contributed by atoms with Crippen molar-refractivity contribution in [2.24, 2.45) is 5.92 Å². The molecule has 1 unspecified atom stereocenters. The molecule has 27 heavy (non-hydrogen) atoms. The van der Waals surface area contributed by atoms with E-state index in [-0.39, 0.29) is 5.91 Å². The summed E-state index contributed by atoms with van der Waals surface area (Å²) >= 11 is 3.52. The van der Waals surface area contributed by atoms with Gasteiger partial charge >= 0.3 is 0 Å². The Morgan fingerprint density at radius 1 is 1.26 bits per heavy atom. The number of hydrogen-bond donors (Lipinski definition) is 1. The first-order chi connectivity index (χ1) is 13.2. The summed E-state index contributed by atoms with van der Waals surface area (Å²) in [6.45, 7) is 2.66. The van der Waals surface area contributed by atoms with E-state index in [0.717, 1.165) is 29.5 Å². The van der Waals surface area contributed by atoms with Crippen molar-refractivity contribution in [2.45, 2.75) is 6.42 Å². The second-order valence-electron chi connectivity index (χ2n) is 6.73. The topological polar surface area (TPSA) is 58.4 Å². The van der Waals surface area contributed by atoms with Gasteiger partial charge in [0, 0.05) is 40.9 Å². The Hall–Kier alpha value is -2.60. The second kappa shape index (κ2) is 7.96. The standard InChI is InChI=1S/C21H20BrN3O2/c22-18-2-1-3-19(10-18)25-9-8-15(13-25)11-24-21(26)17-6-4-16(5-7-17)20-12-23-14-27-20/h1-7,10,12,14-15H,8-9,11,13H2,(H,24,26). The summed E-state index contributed by atoms with van der Waals surface area (Å²) in [6.07, 6.45) is 4.14. The van der Waals surface area contributed by atoms with Crippen LogP contribution in [0.25, 0.3) is 11.3 Å². The van der Waals surface area contributed by atoms with Crippen molar-refractivity contribution in [3.05, 3.63) is 71.2 Å². The first kappa shape index (κ1) is 17.8. The van der Waals surface area contributed by atoms with Crippen molar-refractivity contribution in [3.8, 4) is 11.3 Å². The number of carbonyl (C=O) groups excluding carboxylic acids is 1. The molecule has 1 N–H and O–H groups in total. The van der Waals surface area contributed by atoms with E-state index >= 15 is 0 Å². The predicted molar refractivity (Wildman–Crippen MR) is 109 cm³/mol. The molecule has 4 rings (SSSR count). The van der Waals surface area contributed by atoms with Crippen LogP contribution in [0.1, 0.15) is 16.8 Å². The molecule has 0 spiro atoms. The average Bonchev–Trinajstić information content (AvgIpc) is 3.38. The average molecular weight is 426 g/mol. The zero-order valence-electron chi connectivity index (χ0n) is 14.8. The third-order valence-electron chi connectivity index (χ3n) is 4.87. The molecule has 2 aromatic carbocycles. The van der Waals surface area contributed by atoms with Crippen molar-refractivity contribution in [2.75, 3.05) is 24.5 Å². The van der Waals surface area contributed by atoms with Crippen LogP contribution in [-0.2, 0) is 0 Å². The van der Waals surface area contributed by atoms with Crippen LogP contribution >= 0.6 is 15.9 Å². The SMILES string of the molecule is O=C(NCC1CCN(c2cccc(Br)c2)C1)c1ccc(-c2cnco2)cc1. The number of oxazole rings is 1. The largest absolute Gasteiger partial charge is 0.444 e. The van der Waals surface area contributed by atoms with Gasteiger partial charge in [0.1, 0.15) is 0 Å². The van der Waals surface area contributed by atoms with Gasteiger partial charge < -0.3 is 14.6 Å². The second-order valence-corrected chi connectivity index (χ2v) is 7.65. The molecule has 6 heteroatoms. The van der Waals surface area contributed by atoms with E-state index in [1.165, 1.54) is 12.1 Å². The van der Waals surface area contributed by atoms with Gasteiger partial charge in [0.2, 0.25) is 0 Å². The Labute approximate surface area is 166 Å². The monoisotopic (exact) mass is 425 g/mol. The lowest BCUT2D eigenvalue weighted by Crippen LogP contribution is -2.31. The third-order valence-corrected chi connectivity index (χ3v) is 5.37. The van der Waals surface area contributed by atoms with Gasteiger partial charge in [-0.15, -0.1) is 0 Å². The predicted octanol–water partition coefficient (Wildman–Crippen LogP) is 4.36. The van der Waals surface area contributed by atoms with Gasteiger partial charge in [-0.2, -0.15) is 0 Å². The van der Waals surface area contributed by atoms with E-state index in [2.05, 4.69) is 49.3 Å². The molecule has 0 bridgehead atoms. The summed E-state index contributed by atoms with van der Waals surface area (Å²) < 4.78 is 6.36. The van der Waals surface area contributed by atoms with Gasteiger partial charge in [-0.1, -0.05) is 34.1 Å². The van der Waals surface area contributed by atoms with E-state index in [4.69, 9.17) is 4.42 Å². The normalized spacial score (nSPS) is 16.5. The van der Waals surface area contributed by atoms with E-state index in [1.807, 2.05) is 30.3 Å². The van der Waals surface area contributed by atoms with Gasteiger partial charge in [0.15, 0.2) is 12.2 Å². The quantitative estimate of drug-likeness (QED) is 0.659. The van der Waals surface area contributed by atoms with Gasteiger partial charge in [0.05, 0.1) is 6.20 Å². The van der Waals surface area contributed by atoms with Gasteiger partial charge in [-0.3, -0.25) is 4.79 Å². The third kappa shape index (κ3) is 4.22. The molecule has 2 heterocycles. The lowest BCUT2D eigenvalue weighted by atomic mass is 10.1. The first-order valence-electron chi connectivity index (χ1n) is 8.97. The molecule has 1 aliphatic heterocycles. The summed E-state index contributed by atoms with van der Waals surface area (Å²) in [5.74, 6) is 1.11. The van der Waals surface area contributed by atoms with Crippen LogP contribution < -0.4 is 10.2 Å². The summed E-state index contributed by atoms with van der Waals surface area (Å²) in [5.41, 5.74) is 2.78. The highest BCUT2D eigenvalue weighted by atomic mass is 79.9. The molecule has 5 nitrogen and oxygen atoms in total. The van der Waals surface area contributed by atoms with Crippen molar-refractivity contribution in [1.82, 2.24) is 10.3 Å². The minimum absolute atomic E-state index is 0.0416. The highest BCUT2D eigenvalue weighted by Crippen LogP contribution is 2.26. The molecule has 1 amide bonds. The van der Waals surface area contributed by atoms with Gasteiger partial charge in [0.25, 0.3) is 5.91 Å². The smallest absolute Gasteiger partial charge is 0.251 e. The van der Waals surface area contributed by atoms with Crippen molar-refractivity contribution >= 4 is 27.5 Å². The molecular weight excluding hydrogens is 406 g/mol. The van der Waals surface area contributed by atoms with Crippen LogP contribution in [0.3, 0.4) is 0 Å². The lowest BCUT2D eigenvalue weighted by molar-refractivity contribution is 0.0948. The zero-order valence-corrected chi connectivity index (χ0v) is 16.4. The molecule has 1 aliphatic rings. The molecular formula is C21H20BrN3O2. The lowest BCUT2D eigenvalue weighted by Gasteiger charge is -2.19. The summed E-state index contributed by atoms with van der Waals surface area (Å²) in [6, 6.07) is 15.7. The van der Waals surface area contributed by atoms with Crippen LogP contribution in [0.5, 0.6) is 0 Å². The minimum atomic E-state index is -0.0416. The number of aromatic nitrogens is 1. The maximum atomic E-state index is 12.4. The molecule has 1 fully saturated rings. The first-order valence-corrected chi connectivity index (χ1v) is 9.76. The maximum absolute atomic E-state index is 12.4. The molecule has 0 saturated carbocycles. The number of anilines is 1. The van der Waals surface area contributed by atoms with Crippen LogP contribution in [0.4, 0.5) is 5.69 Å². The number of carbonyl (C=O) groups is 1. The fourth-order valence-corrected chi connectivity index (χ4v) is 3.78. The zero-order chi connectivity index (χ0) is 18.6. The Morgan fingerprint density at radius 3 is 2.85 bits per heavy atom. The Morgan fingerprint density at radius 2 is 2.11 bits per heavy atom. The van der Waals surface area contributed by atoms with Crippen molar-refractivity contribution in [3.63, 3.8) is 0 Å². The number of hydrogen-bond acceptors (Lipinski definition) is 4. The van der Waals surface area contributed by atoms with Gasteiger partial charge in [-0.05, 0) is 42.7 Å². The minimum Gasteiger partial charge on any atom is -0.444 e. The summed E-state index contributed by atoms with van der Waals surface area (Å²) in [5, 5.41) is 3.07. The number of rotatable bonds is 5. The molecule has 0 radical (unpaired) electrons. The number of nitrogens with one attached hydrogen (secondary N) is 1. The molecule has 1 atom stereocenters. The molecule has 138 valence electrons. The highest BCUT2D eigenvalue weighted by Gasteiger charge is 2.23. The highest BCUT2D eigenvalue weighted by molar-refractivity contribution is 9.10. The Balaban J connectivity index is 1.31. The van der Waals surface area contributed by atoms with Crippen LogP contribution in [0.2, 0.25) is 0 Å². The molecule has 1 aromatic heterocycles. The van der Waals surface area contributed by atoms with Gasteiger partial charge in [-0.25, -0.2) is 4.98 Å².